The van der Waals surface area contributed by atoms with Crippen molar-refractivity contribution in [3.05, 3.63) is 0 Å². The second-order valence-electron chi connectivity index (χ2n) is 2.11. The summed E-state index contributed by atoms with van der Waals surface area (Å²) in [4.78, 5) is 20.4. The Hall–Kier alpha value is -1.14. The summed E-state index contributed by atoms with van der Waals surface area (Å²) in [5, 5.41) is 19.0. The van der Waals surface area contributed by atoms with Crippen LogP contribution in [0.2, 0.25) is 0 Å². The molecule has 0 bridgehead atoms. The monoisotopic (exact) mass is 161 g/mol. The molecular formula is C5H7NO5. The number of hydrogen-bond acceptors (Lipinski definition) is 4. The number of carboxylic acid groups (broad SMARTS) is 2. The summed E-state index contributed by atoms with van der Waals surface area (Å²) in [6, 6.07) is -0.906. The molecule has 0 radical (unpaired) electrons. The minimum Gasteiger partial charge on any atom is -0.480 e. The van der Waals surface area contributed by atoms with Crippen LogP contribution in [0, 0.1) is 0 Å². The average molecular weight is 161 g/mol. The van der Waals surface area contributed by atoms with Crippen molar-refractivity contribution in [2.45, 2.75) is 12.3 Å². The number of rotatable bonds is 2. The van der Waals surface area contributed by atoms with Gasteiger partial charge < -0.3 is 14.9 Å². The molecule has 1 rings (SSSR count). The van der Waals surface area contributed by atoms with Crippen LogP contribution in [0.5, 0.6) is 0 Å². The summed E-state index contributed by atoms with van der Waals surface area (Å²) in [5.74, 6) is -2.30. The van der Waals surface area contributed by atoms with Gasteiger partial charge in [0.25, 0.3) is 0 Å². The number of ether oxygens (including phenoxy) is 1. The second kappa shape index (κ2) is 2.85. The zero-order chi connectivity index (χ0) is 8.43. The molecule has 0 aromatic heterocycles. The molecule has 6 nitrogen and oxygen atoms in total. The van der Waals surface area contributed by atoms with Crippen molar-refractivity contribution < 1.29 is 24.5 Å². The summed E-state index contributed by atoms with van der Waals surface area (Å²) in [5.41, 5.74) is 0. The van der Waals surface area contributed by atoms with Gasteiger partial charge in [-0.05, 0) is 0 Å². The first-order valence-corrected chi connectivity index (χ1v) is 2.94. The molecule has 1 unspecified atom stereocenters. The maximum absolute atomic E-state index is 10.2. The fourth-order valence-corrected chi connectivity index (χ4v) is 0.757. The highest BCUT2D eigenvalue weighted by Crippen LogP contribution is 2.02. The summed E-state index contributed by atoms with van der Waals surface area (Å²) in [7, 11) is 0. The van der Waals surface area contributed by atoms with Gasteiger partial charge in [-0.2, -0.15) is 0 Å². The van der Waals surface area contributed by atoms with E-state index in [9.17, 15) is 9.59 Å². The van der Waals surface area contributed by atoms with Crippen LogP contribution in [0.4, 0.5) is 0 Å². The SMILES string of the molecule is O=C(O)C1N[C@H](C(=O)O)CO1. The average Bonchev–Trinajstić information content (AvgIpc) is 2.33. The predicted molar refractivity (Wildman–Crippen MR) is 31.9 cm³/mol. The molecule has 0 spiro atoms. The van der Waals surface area contributed by atoms with Crippen LogP contribution in [0.25, 0.3) is 0 Å². The van der Waals surface area contributed by atoms with Crippen molar-refractivity contribution in [2.75, 3.05) is 6.61 Å². The van der Waals surface area contributed by atoms with Crippen LogP contribution in [0.15, 0.2) is 0 Å². The lowest BCUT2D eigenvalue weighted by Gasteiger charge is -2.02. The lowest BCUT2D eigenvalue weighted by molar-refractivity contribution is -0.148. The van der Waals surface area contributed by atoms with E-state index in [0.29, 0.717) is 0 Å². The Labute approximate surface area is 61.8 Å². The molecule has 1 aliphatic heterocycles. The third kappa shape index (κ3) is 1.66. The number of carboxylic acids is 2. The minimum atomic E-state index is -1.20. The smallest absolute Gasteiger partial charge is 0.348 e. The highest BCUT2D eigenvalue weighted by Gasteiger charge is 2.33. The molecule has 0 saturated carbocycles. The van der Waals surface area contributed by atoms with Crippen molar-refractivity contribution in [2.24, 2.45) is 0 Å². The fourth-order valence-electron chi connectivity index (χ4n) is 0.757. The zero-order valence-corrected chi connectivity index (χ0v) is 5.48. The van der Waals surface area contributed by atoms with Gasteiger partial charge in [-0.15, -0.1) is 0 Å². The molecule has 6 heteroatoms. The lowest BCUT2D eigenvalue weighted by atomic mass is 10.3. The predicted octanol–water partition coefficient (Wildman–Crippen LogP) is -1.53. The van der Waals surface area contributed by atoms with Gasteiger partial charge in [0.15, 0.2) is 0 Å². The molecule has 0 amide bonds. The van der Waals surface area contributed by atoms with Gasteiger partial charge in [0.05, 0.1) is 6.61 Å². The summed E-state index contributed by atoms with van der Waals surface area (Å²) < 4.78 is 4.60. The van der Waals surface area contributed by atoms with Crippen LogP contribution < -0.4 is 5.32 Å². The maximum Gasteiger partial charge on any atom is 0.348 e. The van der Waals surface area contributed by atoms with Crippen molar-refractivity contribution in [3.63, 3.8) is 0 Å². The van der Waals surface area contributed by atoms with Gasteiger partial charge in [-0.25, -0.2) is 4.79 Å². The Morgan fingerprint density at radius 1 is 1.36 bits per heavy atom. The molecule has 1 fully saturated rings. The first-order chi connectivity index (χ1) is 5.11. The van der Waals surface area contributed by atoms with Gasteiger partial charge in [-0.1, -0.05) is 0 Å². The first kappa shape index (κ1) is 7.96. The molecule has 2 atom stereocenters. The molecule has 1 heterocycles. The molecule has 11 heavy (non-hydrogen) atoms. The van der Waals surface area contributed by atoms with E-state index in [1.165, 1.54) is 0 Å². The first-order valence-electron chi connectivity index (χ1n) is 2.94. The number of carbonyl (C=O) groups is 2. The van der Waals surface area contributed by atoms with Crippen molar-refractivity contribution in [1.82, 2.24) is 5.32 Å². The number of aliphatic carboxylic acids is 2. The third-order valence-corrected chi connectivity index (χ3v) is 1.30. The zero-order valence-electron chi connectivity index (χ0n) is 5.48. The minimum absolute atomic E-state index is 0.105. The van der Waals surface area contributed by atoms with Crippen molar-refractivity contribution in [1.29, 1.82) is 0 Å². The van der Waals surface area contributed by atoms with Gasteiger partial charge in [0.1, 0.15) is 6.04 Å². The highest BCUT2D eigenvalue weighted by atomic mass is 16.5. The summed E-state index contributed by atoms with van der Waals surface area (Å²) in [6.07, 6.45) is -1.18. The Morgan fingerprint density at radius 3 is 2.27 bits per heavy atom. The molecule has 62 valence electrons. The van der Waals surface area contributed by atoms with E-state index in [1.807, 2.05) is 0 Å². The highest BCUT2D eigenvalue weighted by molar-refractivity contribution is 5.77. The van der Waals surface area contributed by atoms with E-state index in [4.69, 9.17) is 10.2 Å². The van der Waals surface area contributed by atoms with E-state index in [1.54, 1.807) is 0 Å². The molecule has 1 aliphatic rings. The van der Waals surface area contributed by atoms with Gasteiger partial charge in [-0.3, -0.25) is 10.1 Å². The molecule has 0 aliphatic carbocycles. The van der Waals surface area contributed by atoms with Gasteiger partial charge >= 0.3 is 11.9 Å². The normalized spacial score (nSPS) is 30.2. The Bertz CT molecular complexity index is 171. The Kier molecular flexibility index (Phi) is 2.06. The molecule has 1 saturated heterocycles. The molecule has 3 N–H and O–H groups in total. The molecular weight excluding hydrogens is 154 g/mol. The lowest BCUT2D eigenvalue weighted by Crippen LogP contribution is -2.40. The van der Waals surface area contributed by atoms with Crippen LogP contribution in [0.1, 0.15) is 0 Å². The number of nitrogens with one attached hydrogen (secondary N) is 1. The van der Waals surface area contributed by atoms with Crippen LogP contribution in [-0.2, 0) is 14.3 Å². The van der Waals surface area contributed by atoms with E-state index < -0.39 is 24.2 Å². The second-order valence-corrected chi connectivity index (χ2v) is 2.11. The quantitative estimate of drug-likeness (QED) is 0.454. The van der Waals surface area contributed by atoms with Gasteiger partial charge in [0, 0.05) is 0 Å². The fraction of sp³-hybridized carbons (Fsp3) is 0.600. The molecule has 0 aromatic carbocycles. The van der Waals surface area contributed by atoms with Crippen LogP contribution in [-0.4, -0.2) is 41.0 Å². The van der Waals surface area contributed by atoms with Crippen molar-refractivity contribution >= 4 is 11.9 Å². The van der Waals surface area contributed by atoms with Crippen LogP contribution in [0.3, 0.4) is 0 Å². The van der Waals surface area contributed by atoms with E-state index in [-0.39, 0.29) is 6.61 Å². The number of hydrogen-bond donors (Lipinski definition) is 3. The Morgan fingerprint density at radius 2 is 2.00 bits per heavy atom. The topological polar surface area (TPSA) is 95.9 Å². The third-order valence-electron chi connectivity index (χ3n) is 1.30. The maximum atomic E-state index is 10.2. The Balaban J connectivity index is 2.47. The van der Waals surface area contributed by atoms with E-state index in [2.05, 4.69) is 10.1 Å². The van der Waals surface area contributed by atoms with E-state index in [0.717, 1.165) is 0 Å². The van der Waals surface area contributed by atoms with E-state index >= 15 is 0 Å². The van der Waals surface area contributed by atoms with Crippen LogP contribution >= 0.6 is 0 Å². The van der Waals surface area contributed by atoms with Crippen molar-refractivity contribution in [3.8, 4) is 0 Å². The molecule has 0 aromatic rings. The largest absolute Gasteiger partial charge is 0.480 e. The summed E-state index contributed by atoms with van der Waals surface area (Å²) in [6.45, 7) is -0.105. The van der Waals surface area contributed by atoms with Gasteiger partial charge in [0.2, 0.25) is 6.23 Å². The standard InChI is InChI=1S/C5H7NO5/c7-4(8)2-1-11-3(6-2)5(9)10/h2-3,6H,1H2,(H,7,8)(H,9,10)/t2-,3?/m0/s1. The summed E-state index contributed by atoms with van der Waals surface area (Å²) >= 11 is 0.